The third-order valence-electron chi connectivity index (χ3n) is 4.46. The fourth-order valence-electron chi connectivity index (χ4n) is 2.95. The lowest BCUT2D eigenvalue weighted by molar-refractivity contribution is -0.119. The monoisotopic (exact) mass is 454 g/mol. The maximum atomic E-state index is 12.4. The number of amides is 1. The van der Waals surface area contributed by atoms with E-state index in [9.17, 15) is 21.6 Å². The quantitative estimate of drug-likeness (QED) is 0.598. The zero-order valence-corrected chi connectivity index (χ0v) is 18.1. The van der Waals surface area contributed by atoms with Crippen molar-refractivity contribution in [3.63, 3.8) is 0 Å². The minimum atomic E-state index is -3.82. The van der Waals surface area contributed by atoms with E-state index in [1.54, 1.807) is 31.4 Å². The van der Waals surface area contributed by atoms with Crippen molar-refractivity contribution in [3.8, 4) is 11.5 Å². The van der Waals surface area contributed by atoms with Gasteiger partial charge < -0.3 is 9.47 Å². The van der Waals surface area contributed by atoms with Crippen LogP contribution in [0, 0.1) is 5.92 Å². The Labute approximate surface area is 175 Å². The van der Waals surface area contributed by atoms with Gasteiger partial charge in [0.05, 0.1) is 29.4 Å². The minimum Gasteiger partial charge on any atom is -0.497 e. The summed E-state index contributed by atoms with van der Waals surface area (Å²) in [7, 11) is -6.01. The number of rotatable bonds is 8. The van der Waals surface area contributed by atoms with Crippen LogP contribution in [-0.2, 0) is 24.8 Å². The van der Waals surface area contributed by atoms with Crippen molar-refractivity contribution in [2.24, 2.45) is 5.92 Å². The summed E-state index contributed by atoms with van der Waals surface area (Å²) < 4.78 is 62.8. The van der Waals surface area contributed by atoms with E-state index in [4.69, 9.17) is 9.47 Å². The van der Waals surface area contributed by atoms with Crippen LogP contribution < -0.4 is 18.5 Å². The Bertz CT molecular complexity index is 1110. The maximum Gasteiger partial charge on any atom is 0.244 e. The highest BCUT2D eigenvalue weighted by molar-refractivity contribution is 7.94. The molecule has 1 unspecified atom stereocenters. The minimum absolute atomic E-state index is 0.0343. The fourth-order valence-corrected chi connectivity index (χ4v) is 5.78. The Morgan fingerprint density at radius 2 is 1.67 bits per heavy atom. The van der Waals surface area contributed by atoms with Crippen LogP contribution >= 0.6 is 0 Å². The summed E-state index contributed by atoms with van der Waals surface area (Å²) in [6, 6.07) is 12.0. The number of ether oxygens (including phenoxy) is 2. The second-order valence-electron chi connectivity index (χ2n) is 6.70. The summed E-state index contributed by atoms with van der Waals surface area (Å²) in [5, 5.41) is 0. The van der Waals surface area contributed by atoms with Gasteiger partial charge in [-0.15, -0.1) is 0 Å². The Morgan fingerprint density at radius 1 is 1.07 bits per heavy atom. The molecule has 1 aliphatic rings. The first-order chi connectivity index (χ1) is 14.1. The molecule has 162 valence electrons. The van der Waals surface area contributed by atoms with Crippen molar-refractivity contribution in [2.45, 2.75) is 11.8 Å². The van der Waals surface area contributed by atoms with Crippen LogP contribution in [-0.4, -0.2) is 48.8 Å². The SMILES string of the molecule is COc1ccc(OCCNS(=O)(=O)c2ccc(N3C(=O)C(C)CS3(=O)=O)cc2)cc1. The molecule has 0 aromatic heterocycles. The van der Waals surface area contributed by atoms with E-state index < -0.39 is 31.9 Å². The van der Waals surface area contributed by atoms with Gasteiger partial charge in [-0.2, -0.15) is 0 Å². The first-order valence-electron chi connectivity index (χ1n) is 9.07. The lowest BCUT2D eigenvalue weighted by atomic mass is 10.2. The highest BCUT2D eigenvalue weighted by Crippen LogP contribution is 2.28. The van der Waals surface area contributed by atoms with Crippen LogP contribution in [0.5, 0.6) is 11.5 Å². The number of nitrogens with one attached hydrogen (secondary N) is 1. The zero-order valence-electron chi connectivity index (χ0n) is 16.4. The predicted octanol–water partition coefficient (Wildman–Crippen LogP) is 1.36. The van der Waals surface area contributed by atoms with Crippen molar-refractivity contribution in [1.82, 2.24) is 4.72 Å². The Kier molecular flexibility index (Phi) is 6.34. The molecule has 11 heteroatoms. The van der Waals surface area contributed by atoms with Gasteiger partial charge >= 0.3 is 0 Å². The Hall–Kier alpha value is -2.63. The molecule has 1 fully saturated rings. The van der Waals surface area contributed by atoms with E-state index in [1.165, 1.54) is 31.2 Å². The molecule has 2 aromatic carbocycles. The smallest absolute Gasteiger partial charge is 0.244 e. The number of benzene rings is 2. The molecule has 2 aromatic rings. The van der Waals surface area contributed by atoms with Gasteiger partial charge in [0.25, 0.3) is 0 Å². The molecule has 0 saturated carbocycles. The number of sulfonamides is 2. The molecule has 3 rings (SSSR count). The van der Waals surface area contributed by atoms with Crippen LogP contribution in [0.3, 0.4) is 0 Å². The standard InChI is InChI=1S/C19H22N2O7S2/c1-14-13-29(23,24)21(19(14)22)15-3-9-18(10-4-15)30(25,26)20-11-12-28-17-7-5-16(27-2)6-8-17/h3-10,14,20H,11-13H2,1-2H3. The maximum absolute atomic E-state index is 12.4. The van der Waals surface area contributed by atoms with Crippen LogP contribution in [0.15, 0.2) is 53.4 Å². The molecule has 1 N–H and O–H groups in total. The number of anilines is 1. The summed E-state index contributed by atoms with van der Waals surface area (Å²) in [5.74, 6) is -0.165. The van der Waals surface area contributed by atoms with Crippen LogP contribution in [0.25, 0.3) is 0 Å². The van der Waals surface area contributed by atoms with Gasteiger partial charge in [-0.05, 0) is 48.5 Å². The summed E-state index contributed by atoms with van der Waals surface area (Å²) in [4.78, 5) is 12.1. The number of hydrogen-bond acceptors (Lipinski definition) is 7. The van der Waals surface area contributed by atoms with Crippen LogP contribution in [0.1, 0.15) is 6.92 Å². The lowest BCUT2D eigenvalue weighted by Crippen LogP contribution is -2.30. The molecule has 0 aliphatic carbocycles. The summed E-state index contributed by atoms with van der Waals surface area (Å²) in [5.41, 5.74) is 0.117. The first-order valence-corrected chi connectivity index (χ1v) is 12.2. The highest BCUT2D eigenvalue weighted by atomic mass is 32.2. The van der Waals surface area contributed by atoms with Crippen LogP contribution in [0.2, 0.25) is 0 Å². The number of carbonyl (C=O) groups is 1. The molecule has 0 radical (unpaired) electrons. The lowest BCUT2D eigenvalue weighted by Gasteiger charge is -2.15. The molecular weight excluding hydrogens is 432 g/mol. The van der Waals surface area contributed by atoms with Gasteiger partial charge in [-0.3, -0.25) is 4.79 Å². The zero-order chi connectivity index (χ0) is 21.9. The molecule has 0 spiro atoms. The number of carbonyl (C=O) groups excluding carboxylic acids is 1. The van der Waals surface area contributed by atoms with Crippen LogP contribution in [0.4, 0.5) is 5.69 Å². The largest absolute Gasteiger partial charge is 0.497 e. The average molecular weight is 455 g/mol. The second kappa shape index (κ2) is 8.62. The van der Waals surface area contributed by atoms with Crippen molar-refractivity contribution in [1.29, 1.82) is 0 Å². The topological polar surface area (TPSA) is 119 Å². The average Bonchev–Trinajstić information content (AvgIpc) is 2.92. The highest BCUT2D eigenvalue weighted by Gasteiger charge is 2.41. The normalized spacial score (nSPS) is 18.4. The molecular formula is C19H22N2O7S2. The van der Waals surface area contributed by atoms with Gasteiger partial charge in [-0.1, -0.05) is 6.92 Å². The third-order valence-corrected chi connectivity index (χ3v) is 7.81. The molecule has 0 bridgehead atoms. The van der Waals surface area contributed by atoms with Gasteiger partial charge in [0.15, 0.2) is 0 Å². The molecule has 1 saturated heterocycles. The van der Waals surface area contributed by atoms with E-state index in [1.807, 2.05) is 0 Å². The van der Waals surface area contributed by atoms with Gasteiger partial charge in [0.2, 0.25) is 26.0 Å². The fraction of sp³-hybridized carbons (Fsp3) is 0.316. The first kappa shape index (κ1) is 22.1. The number of methoxy groups -OCH3 is 1. The van der Waals surface area contributed by atoms with Crippen molar-refractivity contribution >= 4 is 31.6 Å². The van der Waals surface area contributed by atoms with Crippen molar-refractivity contribution < 1.29 is 31.1 Å². The van der Waals surface area contributed by atoms with E-state index in [2.05, 4.69) is 4.72 Å². The molecule has 1 atom stereocenters. The molecule has 1 heterocycles. The summed E-state index contributed by atoms with van der Waals surface area (Å²) in [6.07, 6.45) is 0. The summed E-state index contributed by atoms with van der Waals surface area (Å²) in [6.45, 7) is 1.69. The van der Waals surface area contributed by atoms with E-state index in [0.29, 0.717) is 11.5 Å². The van der Waals surface area contributed by atoms with Gasteiger partial charge in [0.1, 0.15) is 18.1 Å². The van der Waals surface area contributed by atoms with Crippen molar-refractivity contribution in [3.05, 3.63) is 48.5 Å². The van der Waals surface area contributed by atoms with E-state index in [0.717, 1.165) is 4.31 Å². The van der Waals surface area contributed by atoms with Gasteiger partial charge in [0, 0.05) is 6.54 Å². The van der Waals surface area contributed by atoms with Crippen molar-refractivity contribution in [2.75, 3.05) is 30.3 Å². The molecule has 1 amide bonds. The molecule has 9 nitrogen and oxygen atoms in total. The third kappa shape index (κ3) is 4.74. The predicted molar refractivity (Wildman–Crippen MR) is 111 cm³/mol. The molecule has 1 aliphatic heterocycles. The van der Waals surface area contributed by atoms with E-state index >= 15 is 0 Å². The second-order valence-corrected chi connectivity index (χ2v) is 10.3. The summed E-state index contributed by atoms with van der Waals surface area (Å²) >= 11 is 0. The molecule has 30 heavy (non-hydrogen) atoms. The van der Waals surface area contributed by atoms with Gasteiger partial charge in [-0.25, -0.2) is 25.9 Å². The Morgan fingerprint density at radius 3 is 2.20 bits per heavy atom. The Balaban J connectivity index is 1.60. The number of hydrogen-bond donors (Lipinski definition) is 1. The number of nitrogens with zero attached hydrogens (tertiary/aromatic N) is 1. The van der Waals surface area contributed by atoms with E-state index in [-0.39, 0.29) is 29.5 Å².